The minimum absolute atomic E-state index is 0.0424. The zero-order valence-electron chi connectivity index (χ0n) is 15.9. The second kappa shape index (κ2) is 9.15. The molecule has 1 amide bonds. The standard InChI is InChI=1S/C21H22ClN5O2/c22-19-9-2-1-6-16(19)12-27-15-20(24-25-27)21(28)26(14-18-8-5-11-29-18)13-17-7-3-4-10-23-17/h1-4,6-7,9-10,15,18H,5,8,11-14H2/t18-/m1/s1. The molecule has 1 saturated heterocycles. The van der Waals surface area contributed by atoms with E-state index in [1.54, 1.807) is 22.0 Å². The fourth-order valence-corrected chi connectivity index (χ4v) is 3.57. The molecule has 0 saturated carbocycles. The van der Waals surface area contributed by atoms with Crippen LogP contribution in [-0.2, 0) is 17.8 Å². The topological polar surface area (TPSA) is 73.1 Å². The van der Waals surface area contributed by atoms with E-state index in [9.17, 15) is 4.79 Å². The van der Waals surface area contributed by atoms with Gasteiger partial charge >= 0.3 is 0 Å². The lowest BCUT2D eigenvalue weighted by Gasteiger charge is -2.24. The van der Waals surface area contributed by atoms with E-state index in [2.05, 4.69) is 15.3 Å². The van der Waals surface area contributed by atoms with Gasteiger partial charge in [0.25, 0.3) is 5.91 Å². The van der Waals surface area contributed by atoms with Gasteiger partial charge in [-0.2, -0.15) is 0 Å². The Kier molecular flexibility index (Phi) is 6.17. The fourth-order valence-electron chi connectivity index (χ4n) is 3.38. The van der Waals surface area contributed by atoms with Crippen molar-refractivity contribution in [3.05, 3.63) is 76.8 Å². The minimum atomic E-state index is -0.184. The number of carbonyl (C=O) groups is 1. The van der Waals surface area contributed by atoms with Crippen molar-refractivity contribution in [3.8, 4) is 0 Å². The number of benzene rings is 1. The van der Waals surface area contributed by atoms with Crippen molar-refractivity contribution >= 4 is 17.5 Å². The maximum atomic E-state index is 13.2. The highest BCUT2D eigenvalue weighted by atomic mass is 35.5. The average molecular weight is 412 g/mol. The fraction of sp³-hybridized carbons (Fsp3) is 0.333. The second-order valence-corrected chi connectivity index (χ2v) is 7.44. The molecule has 8 heteroatoms. The molecule has 7 nitrogen and oxygen atoms in total. The largest absolute Gasteiger partial charge is 0.376 e. The predicted octanol–water partition coefficient (Wildman–Crippen LogP) is 3.20. The average Bonchev–Trinajstić information content (AvgIpc) is 3.42. The van der Waals surface area contributed by atoms with Crippen LogP contribution in [0.3, 0.4) is 0 Å². The van der Waals surface area contributed by atoms with Gasteiger partial charge in [-0.1, -0.05) is 41.1 Å². The lowest BCUT2D eigenvalue weighted by Crippen LogP contribution is -2.37. The van der Waals surface area contributed by atoms with Gasteiger partial charge in [0.1, 0.15) is 0 Å². The number of hydrogen-bond acceptors (Lipinski definition) is 5. The lowest BCUT2D eigenvalue weighted by molar-refractivity contribution is 0.0500. The van der Waals surface area contributed by atoms with Crippen molar-refractivity contribution in [2.45, 2.75) is 32.0 Å². The summed E-state index contributed by atoms with van der Waals surface area (Å²) in [4.78, 5) is 19.3. The molecule has 1 fully saturated rings. The molecule has 0 spiro atoms. The maximum absolute atomic E-state index is 13.2. The number of aromatic nitrogens is 4. The van der Waals surface area contributed by atoms with Crippen LogP contribution in [0.5, 0.6) is 0 Å². The summed E-state index contributed by atoms with van der Waals surface area (Å²) < 4.78 is 7.36. The molecule has 1 atom stereocenters. The molecule has 3 heterocycles. The number of rotatable bonds is 7. The molecule has 2 aromatic heterocycles. The first-order valence-electron chi connectivity index (χ1n) is 9.63. The quantitative estimate of drug-likeness (QED) is 0.597. The van der Waals surface area contributed by atoms with Gasteiger partial charge in [-0.15, -0.1) is 5.10 Å². The molecule has 0 unspecified atom stereocenters. The molecule has 150 valence electrons. The number of pyridine rings is 1. The van der Waals surface area contributed by atoms with Gasteiger partial charge in [-0.3, -0.25) is 9.78 Å². The molecule has 1 aliphatic heterocycles. The van der Waals surface area contributed by atoms with Gasteiger partial charge in [0.15, 0.2) is 5.69 Å². The van der Waals surface area contributed by atoms with Crippen molar-refractivity contribution in [1.29, 1.82) is 0 Å². The number of nitrogens with zero attached hydrogens (tertiary/aromatic N) is 5. The maximum Gasteiger partial charge on any atom is 0.276 e. The number of ether oxygens (including phenoxy) is 1. The first kappa shape index (κ1) is 19.5. The van der Waals surface area contributed by atoms with Crippen LogP contribution in [0.4, 0.5) is 0 Å². The first-order chi connectivity index (χ1) is 14.2. The summed E-state index contributed by atoms with van der Waals surface area (Å²) in [5.74, 6) is -0.184. The number of carbonyl (C=O) groups excluding carboxylic acids is 1. The number of hydrogen-bond donors (Lipinski definition) is 0. The van der Waals surface area contributed by atoms with Crippen molar-refractivity contribution in [2.24, 2.45) is 0 Å². The Hall–Kier alpha value is -2.77. The van der Waals surface area contributed by atoms with Crippen LogP contribution in [0, 0.1) is 0 Å². The molecule has 3 aromatic rings. The highest BCUT2D eigenvalue weighted by Gasteiger charge is 2.25. The van der Waals surface area contributed by atoms with Crippen LogP contribution in [0.1, 0.15) is 34.6 Å². The van der Waals surface area contributed by atoms with Gasteiger partial charge < -0.3 is 9.64 Å². The highest BCUT2D eigenvalue weighted by molar-refractivity contribution is 6.31. The van der Waals surface area contributed by atoms with Gasteiger partial charge in [-0.05, 0) is 36.6 Å². The molecular weight excluding hydrogens is 390 g/mol. The van der Waals surface area contributed by atoms with E-state index >= 15 is 0 Å². The Morgan fingerprint density at radius 1 is 1.24 bits per heavy atom. The van der Waals surface area contributed by atoms with E-state index in [1.165, 1.54) is 0 Å². The van der Waals surface area contributed by atoms with E-state index in [0.717, 1.165) is 30.7 Å². The first-order valence-corrected chi connectivity index (χ1v) is 10.0. The van der Waals surface area contributed by atoms with E-state index in [0.29, 0.717) is 30.4 Å². The summed E-state index contributed by atoms with van der Waals surface area (Å²) in [6.07, 6.45) is 5.40. The summed E-state index contributed by atoms with van der Waals surface area (Å²) in [5, 5.41) is 8.86. The van der Waals surface area contributed by atoms with Gasteiger partial charge in [0.05, 0.1) is 31.1 Å². The van der Waals surface area contributed by atoms with Gasteiger partial charge in [0.2, 0.25) is 0 Å². The summed E-state index contributed by atoms with van der Waals surface area (Å²) in [6, 6.07) is 13.2. The smallest absolute Gasteiger partial charge is 0.276 e. The molecule has 29 heavy (non-hydrogen) atoms. The summed E-state index contributed by atoms with van der Waals surface area (Å²) in [7, 11) is 0. The SMILES string of the molecule is O=C(c1cn(Cc2ccccc2Cl)nn1)N(Cc1ccccn1)C[C@H]1CCCO1. The third kappa shape index (κ3) is 4.99. The van der Waals surface area contributed by atoms with E-state index < -0.39 is 0 Å². The van der Waals surface area contributed by atoms with Crippen LogP contribution < -0.4 is 0 Å². The zero-order valence-corrected chi connectivity index (χ0v) is 16.7. The summed E-state index contributed by atoms with van der Waals surface area (Å²) in [5.41, 5.74) is 2.04. The molecule has 1 aromatic carbocycles. The molecule has 0 aliphatic carbocycles. The van der Waals surface area contributed by atoms with Crippen molar-refractivity contribution in [3.63, 3.8) is 0 Å². The Bertz CT molecular complexity index is 956. The Morgan fingerprint density at radius 2 is 2.10 bits per heavy atom. The van der Waals surface area contributed by atoms with Crippen LogP contribution in [0.15, 0.2) is 54.9 Å². The van der Waals surface area contributed by atoms with Crippen LogP contribution in [0.2, 0.25) is 5.02 Å². The normalized spacial score (nSPS) is 16.1. The van der Waals surface area contributed by atoms with Crippen LogP contribution in [0.25, 0.3) is 0 Å². The van der Waals surface area contributed by atoms with E-state index in [1.807, 2.05) is 42.5 Å². The summed E-state index contributed by atoms with van der Waals surface area (Å²) in [6.45, 7) is 2.10. The Labute approximate surface area is 174 Å². The number of amides is 1. The molecule has 4 rings (SSSR count). The lowest BCUT2D eigenvalue weighted by atomic mass is 10.2. The number of halogens is 1. The molecule has 0 bridgehead atoms. The van der Waals surface area contributed by atoms with Crippen LogP contribution in [-0.4, -0.2) is 50.0 Å². The third-order valence-electron chi connectivity index (χ3n) is 4.86. The molecule has 0 N–H and O–H groups in total. The van der Waals surface area contributed by atoms with E-state index in [-0.39, 0.29) is 12.0 Å². The third-order valence-corrected chi connectivity index (χ3v) is 5.23. The highest BCUT2D eigenvalue weighted by Crippen LogP contribution is 2.18. The Morgan fingerprint density at radius 3 is 2.86 bits per heavy atom. The monoisotopic (exact) mass is 411 g/mol. The molecule has 1 aliphatic rings. The molecule has 0 radical (unpaired) electrons. The summed E-state index contributed by atoms with van der Waals surface area (Å²) >= 11 is 6.22. The zero-order chi connectivity index (χ0) is 20.1. The molecular formula is C21H22ClN5O2. The van der Waals surface area contributed by atoms with Gasteiger partial charge in [0, 0.05) is 24.4 Å². The van der Waals surface area contributed by atoms with Gasteiger partial charge in [-0.25, -0.2) is 4.68 Å². The van der Waals surface area contributed by atoms with Crippen molar-refractivity contribution in [1.82, 2.24) is 24.9 Å². The van der Waals surface area contributed by atoms with Crippen molar-refractivity contribution in [2.75, 3.05) is 13.2 Å². The Balaban J connectivity index is 1.50. The predicted molar refractivity (Wildman–Crippen MR) is 109 cm³/mol. The van der Waals surface area contributed by atoms with Crippen LogP contribution >= 0.6 is 11.6 Å². The second-order valence-electron chi connectivity index (χ2n) is 7.03. The minimum Gasteiger partial charge on any atom is -0.376 e. The van der Waals surface area contributed by atoms with Crippen molar-refractivity contribution < 1.29 is 9.53 Å². The van der Waals surface area contributed by atoms with E-state index in [4.69, 9.17) is 16.3 Å².